The summed E-state index contributed by atoms with van der Waals surface area (Å²) in [5.41, 5.74) is 1.38. The summed E-state index contributed by atoms with van der Waals surface area (Å²) in [4.78, 5) is 5.04. The number of hydrogen-bond donors (Lipinski definition) is 1. The maximum Gasteiger partial charge on any atom is 0.0540 e. The third-order valence-corrected chi connectivity index (χ3v) is 6.68. The first-order valence-electron chi connectivity index (χ1n) is 9.87. The van der Waals surface area contributed by atoms with Gasteiger partial charge in [0.05, 0.1) is 6.10 Å². The molecule has 0 radical (unpaired) electrons. The molecule has 1 aliphatic carbocycles. The minimum absolute atomic E-state index is 0. The molecular weight excluding hydrogens is 403 g/mol. The highest BCUT2D eigenvalue weighted by Gasteiger charge is 2.31. The van der Waals surface area contributed by atoms with Crippen LogP contribution in [0.4, 0.5) is 0 Å². The molecule has 0 amide bonds. The van der Waals surface area contributed by atoms with Crippen LogP contribution < -0.4 is 0 Å². The highest BCUT2D eigenvalue weighted by atomic mass is 35.5. The standard InChI is InChI=1S/C21H33ClN2O.2ClH/c1-16(17-6-8-20(25)9-7-17)21(18-4-3-5-19(22)14-18)15-24-12-10-23(2)11-13-24;;/h3-5,14,16-17,20-21,25H,6-13,15H2,1-2H3;2*1H. The molecule has 6 heteroatoms. The molecule has 1 aliphatic heterocycles. The first-order chi connectivity index (χ1) is 12.0. The summed E-state index contributed by atoms with van der Waals surface area (Å²) >= 11 is 6.31. The van der Waals surface area contributed by atoms with Crippen LogP contribution in [0.15, 0.2) is 24.3 Å². The molecule has 1 N–H and O–H groups in total. The largest absolute Gasteiger partial charge is 0.393 e. The molecule has 156 valence electrons. The van der Waals surface area contributed by atoms with E-state index in [9.17, 15) is 5.11 Å². The minimum atomic E-state index is -0.0781. The van der Waals surface area contributed by atoms with Crippen LogP contribution in [0.2, 0.25) is 5.02 Å². The van der Waals surface area contributed by atoms with Crippen molar-refractivity contribution in [3.63, 3.8) is 0 Å². The lowest BCUT2D eigenvalue weighted by Crippen LogP contribution is -2.46. The van der Waals surface area contributed by atoms with Gasteiger partial charge in [0, 0.05) is 37.7 Å². The van der Waals surface area contributed by atoms with Crippen LogP contribution in [0, 0.1) is 11.8 Å². The lowest BCUT2D eigenvalue weighted by atomic mass is 9.72. The highest BCUT2D eigenvalue weighted by Crippen LogP contribution is 2.39. The molecule has 0 spiro atoms. The fraction of sp³-hybridized carbons (Fsp3) is 0.714. The number of aliphatic hydroxyl groups excluding tert-OH is 1. The van der Waals surface area contributed by atoms with Crippen molar-refractivity contribution in [3.8, 4) is 0 Å². The molecule has 2 aliphatic rings. The van der Waals surface area contributed by atoms with Crippen LogP contribution in [-0.2, 0) is 0 Å². The Hall–Kier alpha value is -0.0300. The maximum atomic E-state index is 9.86. The van der Waals surface area contributed by atoms with Crippen molar-refractivity contribution in [3.05, 3.63) is 34.9 Å². The van der Waals surface area contributed by atoms with Gasteiger partial charge in [-0.25, -0.2) is 0 Å². The Kier molecular flexibility index (Phi) is 11.0. The van der Waals surface area contributed by atoms with Crippen molar-refractivity contribution >= 4 is 36.4 Å². The molecule has 1 aromatic rings. The predicted molar refractivity (Wildman–Crippen MR) is 120 cm³/mol. The second-order valence-corrected chi connectivity index (χ2v) is 8.63. The smallest absolute Gasteiger partial charge is 0.0540 e. The second-order valence-electron chi connectivity index (χ2n) is 8.19. The SMILES string of the molecule is CC(C1CCC(O)CC1)C(CN1CCN(C)CC1)c1cccc(Cl)c1.Cl.Cl. The van der Waals surface area contributed by atoms with Crippen LogP contribution in [0.3, 0.4) is 0 Å². The molecule has 0 aromatic heterocycles. The van der Waals surface area contributed by atoms with Gasteiger partial charge in [0.15, 0.2) is 0 Å². The summed E-state index contributed by atoms with van der Waals surface area (Å²) in [6.07, 6.45) is 4.16. The van der Waals surface area contributed by atoms with Crippen molar-refractivity contribution in [1.29, 1.82) is 0 Å². The van der Waals surface area contributed by atoms with Gasteiger partial charge >= 0.3 is 0 Å². The summed E-state index contributed by atoms with van der Waals surface area (Å²) in [7, 11) is 2.21. The van der Waals surface area contributed by atoms with Gasteiger partial charge in [-0.2, -0.15) is 0 Å². The summed E-state index contributed by atoms with van der Waals surface area (Å²) in [6.45, 7) is 8.17. The predicted octanol–water partition coefficient (Wildman–Crippen LogP) is 4.70. The van der Waals surface area contributed by atoms with Crippen LogP contribution in [0.1, 0.15) is 44.1 Å². The van der Waals surface area contributed by atoms with Crippen molar-refractivity contribution in [2.24, 2.45) is 11.8 Å². The second kappa shape index (κ2) is 11.8. The normalized spacial score (nSPS) is 26.5. The van der Waals surface area contributed by atoms with E-state index in [0.717, 1.165) is 63.4 Å². The molecule has 0 bridgehead atoms. The topological polar surface area (TPSA) is 26.7 Å². The van der Waals surface area contributed by atoms with Crippen molar-refractivity contribution < 1.29 is 5.11 Å². The number of piperazine rings is 1. The van der Waals surface area contributed by atoms with Gasteiger partial charge in [-0.15, -0.1) is 24.8 Å². The van der Waals surface area contributed by atoms with E-state index in [2.05, 4.69) is 42.0 Å². The lowest BCUT2D eigenvalue weighted by molar-refractivity contribution is 0.0794. The Morgan fingerprint density at radius 2 is 1.70 bits per heavy atom. The molecule has 3 nitrogen and oxygen atoms in total. The molecule has 2 fully saturated rings. The Morgan fingerprint density at radius 1 is 1.07 bits per heavy atom. The Balaban J connectivity index is 0.00000182. The van der Waals surface area contributed by atoms with E-state index in [0.29, 0.717) is 17.8 Å². The molecule has 1 saturated heterocycles. The van der Waals surface area contributed by atoms with E-state index >= 15 is 0 Å². The van der Waals surface area contributed by atoms with E-state index in [4.69, 9.17) is 11.6 Å². The van der Waals surface area contributed by atoms with Gasteiger partial charge in [-0.1, -0.05) is 30.7 Å². The fourth-order valence-electron chi connectivity index (χ4n) is 4.58. The molecule has 1 saturated carbocycles. The zero-order valence-corrected chi connectivity index (χ0v) is 18.9. The number of rotatable bonds is 5. The number of nitrogens with zero attached hydrogens (tertiary/aromatic N) is 2. The van der Waals surface area contributed by atoms with Crippen LogP contribution in [0.25, 0.3) is 0 Å². The monoisotopic (exact) mass is 436 g/mol. The Bertz CT molecular complexity index is 544. The molecule has 1 heterocycles. The van der Waals surface area contributed by atoms with Gasteiger partial charge in [0.2, 0.25) is 0 Å². The molecule has 2 unspecified atom stereocenters. The number of benzene rings is 1. The van der Waals surface area contributed by atoms with Gasteiger partial charge in [0.1, 0.15) is 0 Å². The van der Waals surface area contributed by atoms with E-state index < -0.39 is 0 Å². The van der Waals surface area contributed by atoms with E-state index in [1.54, 1.807) is 0 Å². The molecule has 2 atom stereocenters. The quantitative estimate of drug-likeness (QED) is 0.723. The van der Waals surface area contributed by atoms with Crippen molar-refractivity contribution in [2.75, 3.05) is 39.8 Å². The van der Waals surface area contributed by atoms with E-state index in [-0.39, 0.29) is 30.9 Å². The average molecular weight is 438 g/mol. The number of halogens is 3. The number of hydrogen-bond acceptors (Lipinski definition) is 3. The average Bonchev–Trinajstić information content (AvgIpc) is 2.61. The number of likely N-dealkylation sites (N-methyl/N-ethyl adjacent to an activating group) is 1. The fourth-order valence-corrected chi connectivity index (χ4v) is 4.78. The van der Waals surface area contributed by atoms with Gasteiger partial charge in [0.25, 0.3) is 0 Å². The van der Waals surface area contributed by atoms with E-state index in [1.807, 2.05) is 6.07 Å². The van der Waals surface area contributed by atoms with Gasteiger partial charge < -0.3 is 14.9 Å². The third kappa shape index (κ3) is 7.06. The lowest BCUT2D eigenvalue weighted by Gasteiger charge is -2.40. The Labute approximate surface area is 182 Å². The van der Waals surface area contributed by atoms with Crippen LogP contribution in [-0.4, -0.2) is 60.8 Å². The van der Waals surface area contributed by atoms with Gasteiger partial charge in [-0.05, 0) is 68.2 Å². The zero-order chi connectivity index (χ0) is 17.8. The maximum absolute atomic E-state index is 9.86. The van der Waals surface area contributed by atoms with Crippen LogP contribution in [0.5, 0.6) is 0 Å². The third-order valence-electron chi connectivity index (χ3n) is 6.45. The summed E-state index contributed by atoms with van der Waals surface area (Å²) < 4.78 is 0. The summed E-state index contributed by atoms with van der Waals surface area (Å²) in [5, 5.41) is 10.7. The molecule has 27 heavy (non-hydrogen) atoms. The van der Waals surface area contributed by atoms with Crippen molar-refractivity contribution in [1.82, 2.24) is 9.80 Å². The molecule has 1 aromatic carbocycles. The summed E-state index contributed by atoms with van der Waals surface area (Å²) in [6, 6.07) is 8.48. The van der Waals surface area contributed by atoms with Crippen molar-refractivity contribution in [2.45, 2.75) is 44.6 Å². The molecular formula is C21H35Cl3N2O. The highest BCUT2D eigenvalue weighted by molar-refractivity contribution is 6.30. The van der Waals surface area contributed by atoms with Crippen LogP contribution >= 0.6 is 36.4 Å². The minimum Gasteiger partial charge on any atom is -0.393 e. The first-order valence-corrected chi connectivity index (χ1v) is 10.2. The van der Waals surface area contributed by atoms with Gasteiger partial charge in [-0.3, -0.25) is 0 Å². The number of aliphatic hydroxyl groups is 1. The van der Waals surface area contributed by atoms with E-state index in [1.165, 1.54) is 5.56 Å². The zero-order valence-electron chi connectivity index (χ0n) is 16.5. The first kappa shape index (κ1) is 25.0. The summed E-state index contributed by atoms with van der Waals surface area (Å²) in [5.74, 6) is 1.84. The molecule has 3 rings (SSSR count). The Morgan fingerprint density at radius 3 is 2.30 bits per heavy atom.